The van der Waals surface area contributed by atoms with E-state index in [1.54, 1.807) is 75.6 Å². The molecule has 0 spiro atoms. The maximum atomic E-state index is 13.9. The Hall–Kier alpha value is -5.16. The molecule has 0 bridgehead atoms. The number of carbonyl (C=O) groups excluding carboxylic acids is 1. The Morgan fingerprint density at radius 2 is 1.80 bits per heavy atom. The van der Waals surface area contributed by atoms with E-state index >= 15 is 0 Å². The van der Waals surface area contributed by atoms with Crippen LogP contribution in [0.2, 0.25) is 0 Å². The van der Waals surface area contributed by atoms with Crippen molar-refractivity contribution in [1.82, 2.24) is 4.57 Å². The fourth-order valence-corrected chi connectivity index (χ4v) is 5.94. The van der Waals surface area contributed by atoms with Gasteiger partial charge in [0, 0.05) is 0 Å². The summed E-state index contributed by atoms with van der Waals surface area (Å²) in [7, 11) is 3.08. The van der Waals surface area contributed by atoms with Crippen molar-refractivity contribution in [2.24, 2.45) is 4.99 Å². The summed E-state index contributed by atoms with van der Waals surface area (Å²) in [5, 5.41) is 9.24. The molecule has 0 radical (unpaired) electrons. The van der Waals surface area contributed by atoms with Gasteiger partial charge >= 0.3 is 11.9 Å². The normalized spacial score (nSPS) is 14.5. The first-order valence-corrected chi connectivity index (χ1v) is 14.5. The van der Waals surface area contributed by atoms with Crippen LogP contribution >= 0.6 is 11.3 Å². The molecule has 5 rings (SSSR count). The lowest BCUT2D eigenvalue weighted by atomic mass is 9.96. The van der Waals surface area contributed by atoms with E-state index in [2.05, 4.69) is 4.99 Å². The lowest BCUT2D eigenvalue weighted by Gasteiger charge is -2.24. The van der Waals surface area contributed by atoms with Crippen molar-refractivity contribution < 1.29 is 33.6 Å². The van der Waals surface area contributed by atoms with E-state index in [0.717, 1.165) is 0 Å². The minimum atomic E-state index is -1.01. The molecule has 1 aliphatic heterocycles. The average molecular weight is 615 g/mol. The highest BCUT2D eigenvalue weighted by atomic mass is 32.1. The molecule has 0 aliphatic carbocycles. The van der Waals surface area contributed by atoms with Crippen LogP contribution in [-0.2, 0) is 16.1 Å². The number of nitrogens with zero attached hydrogens (tertiary/aromatic N) is 2. The number of rotatable bonds is 10. The van der Waals surface area contributed by atoms with E-state index in [1.165, 1.54) is 29.1 Å². The minimum Gasteiger partial charge on any atom is -0.497 e. The number of methoxy groups -OCH3 is 2. The Labute approximate surface area is 256 Å². The number of aromatic nitrogens is 1. The first-order valence-electron chi connectivity index (χ1n) is 13.7. The van der Waals surface area contributed by atoms with Crippen LogP contribution in [0.1, 0.15) is 46.9 Å². The Morgan fingerprint density at radius 1 is 1.02 bits per heavy atom. The summed E-state index contributed by atoms with van der Waals surface area (Å²) >= 11 is 1.22. The largest absolute Gasteiger partial charge is 0.497 e. The molecule has 226 valence electrons. The fraction of sp³-hybridized carbons (Fsp3) is 0.212. The summed E-state index contributed by atoms with van der Waals surface area (Å²) in [6.07, 6.45) is 1.74. The Kier molecular flexibility index (Phi) is 8.96. The molecule has 0 fully saturated rings. The molecule has 44 heavy (non-hydrogen) atoms. The van der Waals surface area contributed by atoms with E-state index < -0.39 is 18.0 Å². The molecule has 0 amide bonds. The van der Waals surface area contributed by atoms with E-state index in [-0.39, 0.29) is 24.3 Å². The molecule has 1 atom stereocenters. The second-order valence-electron chi connectivity index (χ2n) is 9.78. The van der Waals surface area contributed by atoms with Gasteiger partial charge in [0.15, 0.2) is 16.3 Å². The van der Waals surface area contributed by atoms with Crippen molar-refractivity contribution in [2.75, 3.05) is 20.8 Å². The van der Waals surface area contributed by atoms with Crippen LogP contribution in [0.4, 0.5) is 0 Å². The lowest BCUT2D eigenvalue weighted by molar-refractivity contribution is -0.139. The number of carbonyl (C=O) groups is 2. The fourth-order valence-electron chi connectivity index (χ4n) is 4.89. The molecule has 1 unspecified atom stereocenters. The van der Waals surface area contributed by atoms with Crippen LogP contribution in [0.5, 0.6) is 17.2 Å². The third-order valence-corrected chi connectivity index (χ3v) is 7.99. The van der Waals surface area contributed by atoms with Crippen molar-refractivity contribution in [2.45, 2.75) is 26.5 Å². The SMILES string of the molecule is CCOC(=O)C1=C(C)N=c2sc(=Cc3ccc(OCc4cccc(C(=O)O)c4)c(OC)c3)c(=O)n2C1c1ccc(OC)cc1. The first kappa shape index (κ1) is 30.3. The second-order valence-corrected chi connectivity index (χ2v) is 10.8. The highest BCUT2D eigenvalue weighted by Crippen LogP contribution is 2.32. The van der Waals surface area contributed by atoms with Crippen LogP contribution < -0.4 is 29.1 Å². The molecule has 1 N–H and O–H groups in total. The molecular weight excluding hydrogens is 584 g/mol. The number of allylic oxidation sites excluding steroid dienone is 1. The summed E-state index contributed by atoms with van der Waals surface area (Å²) in [5.41, 5.74) is 2.75. The third-order valence-electron chi connectivity index (χ3n) is 7.00. The van der Waals surface area contributed by atoms with Gasteiger partial charge in [-0.15, -0.1) is 0 Å². The van der Waals surface area contributed by atoms with Gasteiger partial charge in [0.25, 0.3) is 5.56 Å². The number of thiazole rings is 1. The number of esters is 1. The van der Waals surface area contributed by atoms with Crippen LogP contribution in [0.15, 0.2) is 87.8 Å². The monoisotopic (exact) mass is 614 g/mol. The Balaban J connectivity index is 1.51. The molecule has 2 heterocycles. The quantitative estimate of drug-likeness (QED) is 0.265. The van der Waals surface area contributed by atoms with E-state index in [9.17, 15) is 19.5 Å². The zero-order valence-corrected chi connectivity index (χ0v) is 25.3. The first-order chi connectivity index (χ1) is 21.2. The minimum absolute atomic E-state index is 0.142. The van der Waals surface area contributed by atoms with E-state index in [0.29, 0.717) is 54.5 Å². The topological polar surface area (TPSA) is 126 Å². The molecule has 10 nitrogen and oxygen atoms in total. The van der Waals surface area contributed by atoms with E-state index in [4.69, 9.17) is 18.9 Å². The Bertz CT molecular complexity index is 1940. The number of carboxylic acids is 1. The van der Waals surface area contributed by atoms with Crippen molar-refractivity contribution in [3.05, 3.63) is 120 Å². The molecule has 1 aliphatic rings. The smallest absolute Gasteiger partial charge is 0.338 e. The highest BCUT2D eigenvalue weighted by molar-refractivity contribution is 7.07. The number of hydrogen-bond acceptors (Lipinski definition) is 9. The zero-order valence-electron chi connectivity index (χ0n) is 24.5. The zero-order chi connectivity index (χ0) is 31.4. The van der Waals surface area contributed by atoms with Gasteiger partial charge in [0.2, 0.25) is 0 Å². The lowest BCUT2D eigenvalue weighted by Crippen LogP contribution is -2.39. The average Bonchev–Trinajstić information content (AvgIpc) is 3.33. The van der Waals surface area contributed by atoms with Crippen molar-refractivity contribution in [1.29, 1.82) is 0 Å². The van der Waals surface area contributed by atoms with Crippen LogP contribution in [0.25, 0.3) is 6.08 Å². The maximum absolute atomic E-state index is 13.9. The molecule has 4 aromatic rings. The third kappa shape index (κ3) is 6.13. The van der Waals surface area contributed by atoms with E-state index in [1.807, 2.05) is 12.1 Å². The van der Waals surface area contributed by atoms with Gasteiger partial charge in [0.05, 0.1) is 48.2 Å². The highest BCUT2D eigenvalue weighted by Gasteiger charge is 2.33. The van der Waals surface area contributed by atoms with Gasteiger partial charge in [0.1, 0.15) is 12.4 Å². The van der Waals surface area contributed by atoms with Gasteiger partial charge < -0.3 is 24.1 Å². The summed E-state index contributed by atoms with van der Waals surface area (Å²) in [5.74, 6) is 0.00808. The van der Waals surface area contributed by atoms with Gasteiger partial charge in [-0.1, -0.05) is 41.7 Å². The Morgan fingerprint density at radius 3 is 2.48 bits per heavy atom. The predicted molar refractivity (Wildman–Crippen MR) is 164 cm³/mol. The summed E-state index contributed by atoms with van der Waals surface area (Å²) in [6, 6.07) is 18.2. The number of hydrogen-bond donors (Lipinski definition) is 1. The van der Waals surface area contributed by atoms with Gasteiger partial charge in [-0.25, -0.2) is 14.6 Å². The second kappa shape index (κ2) is 13.0. The predicted octanol–water partition coefficient (Wildman–Crippen LogP) is 4.09. The van der Waals surface area contributed by atoms with Crippen LogP contribution in [-0.4, -0.2) is 42.4 Å². The van der Waals surface area contributed by atoms with Crippen LogP contribution in [0, 0.1) is 0 Å². The molecule has 0 saturated carbocycles. The summed E-state index contributed by atoms with van der Waals surface area (Å²) in [4.78, 5) is 43.4. The van der Waals surface area contributed by atoms with Crippen molar-refractivity contribution in [3.8, 4) is 17.2 Å². The maximum Gasteiger partial charge on any atom is 0.338 e. The molecule has 11 heteroatoms. The molecule has 1 aromatic heterocycles. The molecule has 0 saturated heterocycles. The number of benzene rings is 3. The van der Waals surface area contributed by atoms with Gasteiger partial charge in [-0.05, 0) is 73.0 Å². The number of ether oxygens (including phenoxy) is 4. The number of carboxylic acid groups (broad SMARTS) is 1. The molecular formula is C33H30N2O8S. The van der Waals surface area contributed by atoms with Gasteiger partial charge in [-0.2, -0.15) is 0 Å². The summed E-state index contributed by atoms with van der Waals surface area (Å²) in [6.45, 7) is 3.79. The van der Waals surface area contributed by atoms with Gasteiger partial charge in [-0.3, -0.25) is 9.36 Å². The van der Waals surface area contributed by atoms with Crippen LogP contribution in [0.3, 0.4) is 0 Å². The van der Waals surface area contributed by atoms with Crippen molar-refractivity contribution in [3.63, 3.8) is 0 Å². The standard InChI is InChI=1S/C33H30N2O8S/c1-5-42-32(39)28-19(2)34-33-35(29(28)22-10-12-24(40-3)13-11-22)30(36)27(44-33)17-20-9-14-25(26(16-20)41-4)43-18-21-7-6-8-23(15-21)31(37)38/h6-17,29H,5,18H2,1-4H3,(H,37,38). The van der Waals surface area contributed by atoms with Crippen molar-refractivity contribution >= 4 is 29.4 Å². The number of fused-ring (bicyclic) bond motifs is 1. The number of aromatic carboxylic acids is 1. The molecule has 3 aromatic carbocycles. The summed E-state index contributed by atoms with van der Waals surface area (Å²) < 4.78 is 24.1.